The summed E-state index contributed by atoms with van der Waals surface area (Å²) in [5.41, 5.74) is -0.922. The van der Waals surface area contributed by atoms with Crippen molar-refractivity contribution in [1.29, 1.82) is 0 Å². The van der Waals surface area contributed by atoms with Crippen molar-refractivity contribution in [2.24, 2.45) is 0 Å². The molecule has 1 aromatic rings. The molecule has 2 unspecified atom stereocenters. The second kappa shape index (κ2) is 4.00. The predicted octanol–water partition coefficient (Wildman–Crippen LogP) is 2.51. The molecule has 3 heterocycles. The average Bonchev–Trinajstić information content (AvgIpc) is 2.78. The van der Waals surface area contributed by atoms with E-state index < -0.39 is 11.2 Å². The summed E-state index contributed by atoms with van der Waals surface area (Å²) in [7, 11) is 0. The standard InChI is InChI=1S/C14H19NO4/c1-13(2,3)19-12(16)15-7-6-11-14(9-15,18-11)10-5-4-8-17-10/h4-5,8,11H,6-7,9H2,1-3H3. The van der Waals surface area contributed by atoms with Gasteiger partial charge in [0.15, 0.2) is 5.60 Å². The highest BCUT2D eigenvalue weighted by atomic mass is 16.6. The van der Waals surface area contributed by atoms with E-state index in [4.69, 9.17) is 13.9 Å². The van der Waals surface area contributed by atoms with Crippen molar-refractivity contribution in [3.05, 3.63) is 24.2 Å². The lowest BCUT2D eigenvalue weighted by molar-refractivity contribution is 0.0179. The lowest BCUT2D eigenvalue weighted by atomic mass is 9.96. The highest BCUT2D eigenvalue weighted by Gasteiger charge is 2.63. The zero-order valence-corrected chi connectivity index (χ0v) is 11.5. The van der Waals surface area contributed by atoms with Crippen LogP contribution in [0.5, 0.6) is 0 Å². The third kappa shape index (κ3) is 2.23. The molecule has 1 amide bonds. The molecule has 0 radical (unpaired) electrons. The maximum absolute atomic E-state index is 12.1. The Balaban J connectivity index is 1.72. The minimum Gasteiger partial charge on any atom is -0.466 e. The van der Waals surface area contributed by atoms with Crippen molar-refractivity contribution in [1.82, 2.24) is 4.90 Å². The molecule has 2 saturated heterocycles. The average molecular weight is 265 g/mol. The van der Waals surface area contributed by atoms with Gasteiger partial charge in [0.2, 0.25) is 0 Å². The Morgan fingerprint density at radius 3 is 2.95 bits per heavy atom. The Hall–Kier alpha value is -1.49. The molecule has 104 valence electrons. The fourth-order valence-corrected chi connectivity index (χ4v) is 2.58. The van der Waals surface area contributed by atoms with Crippen molar-refractivity contribution in [2.45, 2.75) is 44.5 Å². The van der Waals surface area contributed by atoms with Gasteiger partial charge in [0.05, 0.1) is 18.9 Å². The number of likely N-dealkylation sites (tertiary alicyclic amines) is 1. The molecule has 0 aliphatic carbocycles. The molecule has 0 aromatic carbocycles. The van der Waals surface area contributed by atoms with Gasteiger partial charge in [-0.1, -0.05) is 0 Å². The monoisotopic (exact) mass is 265 g/mol. The first-order valence-electron chi connectivity index (χ1n) is 6.60. The van der Waals surface area contributed by atoms with E-state index in [9.17, 15) is 4.79 Å². The third-order valence-electron chi connectivity index (χ3n) is 3.49. The molecular weight excluding hydrogens is 246 g/mol. The number of carbonyl (C=O) groups is 1. The van der Waals surface area contributed by atoms with Gasteiger partial charge in [-0.25, -0.2) is 4.79 Å². The van der Waals surface area contributed by atoms with Crippen LogP contribution in [0.4, 0.5) is 4.79 Å². The molecule has 1 aromatic heterocycles. The van der Waals surface area contributed by atoms with Gasteiger partial charge in [-0.2, -0.15) is 0 Å². The van der Waals surface area contributed by atoms with E-state index in [1.54, 1.807) is 11.2 Å². The smallest absolute Gasteiger partial charge is 0.410 e. The highest BCUT2D eigenvalue weighted by molar-refractivity contribution is 5.68. The molecule has 0 N–H and O–H groups in total. The topological polar surface area (TPSA) is 55.2 Å². The Morgan fingerprint density at radius 1 is 1.53 bits per heavy atom. The summed E-state index contributed by atoms with van der Waals surface area (Å²) in [6.45, 7) is 6.77. The maximum atomic E-state index is 12.1. The number of epoxide rings is 1. The zero-order chi connectivity index (χ0) is 13.7. The first kappa shape index (κ1) is 12.5. The number of fused-ring (bicyclic) bond motifs is 1. The predicted molar refractivity (Wildman–Crippen MR) is 67.7 cm³/mol. The van der Waals surface area contributed by atoms with Gasteiger partial charge in [0, 0.05) is 6.54 Å². The SMILES string of the molecule is CC(C)(C)OC(=O)N1CCC2OC2(c2ccco2)C1. The van der Waals surface area contributed by atoms with Gasteiger partial charge in [0.25, 0.3) is 0 Å². The van der Waals surface area contributed by atoms with Crippen molar-refractivity contribution in [3.8, 4) is 0 Å². The van der Waals surface area contributed by atoms with E-state index in [1.807, 2.05) is 32.9 Å². The summed E-state index contributed by atoms with van der Waals surface area (Å²) in [5.74, 6) is 0.797. The maximum Gasteiger partial charge on any atom is 0.410 e. The second-order valence-corrected chi connectivity index (χ2v) is 6.16. The summed E-state index contributed by atoms with van der Waals surface area (Å²) in [6, 6.07) is 3.74. The number of piperidine rings is 1. The Morgan fingerprint density at radius 2 is 2.32 bits per heavy atom. The van der Waals surface area contributed by atoms with Crippen LogP contribution in [0, 0.1) is 0 Å². The molecular formula is C14H19NO4. The summed E-state index contributed by atoms with van der Waals surface area (Å²) < 4.78 is 16.6. The van der Waals surface area contributed by atoms with E-state index in [2.05, 4.69) is 0 Å². The van der Waals surface area contributed by atoms with Crippen LogP contribution < -0.4 is 0 Å². The van der Waals surface area contributed by atoms with Crippen LogP contribution in [-0.2, 0) is 15.1 Å². The molecule has 3 rings (SSSR count). The molecule has 5 nitrogen and oxygen atoms in total. The number of rotatable bonds is 1. The minimum atomic E-state index is -0.476. The fraction of sp³-hybridized carbons (Fsp3) is 0.643. The Labute approximate surface area is 112 Å². The number of hydrogen-bond donors (Lipinski definition) is 0. The van der Waals surface area contributed by atoms with E-state index in [1.165, 1.54) is 0 Å². The molecule has 19 heavy (non-hydrogen) atoms. The number of nitrogens with zero attached hydrogens (tertiary/aromatic N) is 1. The van der Waals surface area contributed by atoms with Crippen LogP contribution >= 0.6 is 0 Å². The first-order valence-corrected chi connectivity index (χ1v) is 6.60. The molecule has 2 aliphatic rings. The van der Waals surface area contributed by atoms with Crippen LogP contribution in [0.15, 0.2) is 22.8 Å². The molecule has 2 aliphatic heterocycles. The lowest BCUT2D eigenvalue weighted by Gasteiger charge is -2.31. The summed E-state index contributed by atoms with van der Waals surface area (Å²) in [4.78, 5) is 13.8. The molecule has 0 bridgehead atoms. The van der Waals surface area contributed by atoms with Crippen LogP contribution in [0.3, 0.4) is 0 Å². The number of furan rings is 1. The van der Waals surface area contributed by atoms with Crippen LogP contribution in [0.25, 0.3) is 0 Å². The van der Waals surface area contributed by atoms with E-state index in [0.29, 0.717) is 13.1 Å². The summed E-state index contributed by atoms with van der Waals surface area (Å²) >= 11 is 0. The van der Waals surface area contributed by atoms with E-state index in [-0.39, 0.29) is 12.2 Å². The molecule has 5 heteroatoms. The normalized spacial score (nSPS) is 29.8. The number of ether oxygens (including phenoxy) is 2. The highest BCUT2D eigenvalue weighted by Crippen LogP contribution is 2.51. The summed E-state index contributed by atoms with van der Waals surface area (Å²) in [5, 5.41) is 0. The van der Waals surface area contributed by atoms with Gasteiger partial charge in [-0.3, -0.25) is 0 Å². The zero-order valence-electron chi connectivity index (χ0n) is 11.5. The quantitative estimate of drug-likeness (QED) is 0.732. The largest absolute Gasteiger partial charge is 0.466 e. The Bertz CT molecular complexity index is 476. The number of carbonyl (C=O) groups excluding carboxylic acids is 1. The first-order chi connectivity index (χ1) is 8.91. The molecule has 0 spiro atoms. The second-order valence-electron chi connectivity index (χ2n) is 6.16. The fourth-order valence-electron chi connectivity index (χ4n) is 2.58. The van der Waals surface area contributed by atoms with Crippen molar-refractivity contribution in [3.63, 3.8) is 0 Å². The Kier molecular flexibility index (Phi) is 2.64. The molecule has 2 fully saturated rings. The van der Waals surface area contributed by atoms with Crippen LogP contribution in [-0.4, -0.2) is 35.8 Å². The van der Waals surface area contributed by atoms with Crippen molar-refractivity contribution in [2.75, 3.05) is 13.1 Å². The third-order valence-corrected chi connectivity index (χ3v) is 3.49. The van der Waals surface area contributed by atoms with Gasteiger partial charge in [-0.05, 0) is 39.3 Å². The molecule has 2 atom stereocenters. The van der Waals surface area contributed by atoms with E-state index >= 15 is 0 Å². The number of amides is 1. The van der Waals surface area contributed by atoms with Crippen molar-refractivity contribution < 1.29 is 18.7 Å². The van der Waals surface area contributed by atoms with Crippen LogP contribution in [0.2, 0.25) is 0 Å². The van der Waals surface area contributed by atoms with Crippen molar-refractivity contribution >= 4 is 6.09 Å². The van der Waals surface area contributed by atoms with Gasteiger partial charge >= 0.3 is 6.09 Å². The van der Waals surface area contributed by atoms with E-state index in [0.717, 1.165) is 12.2 Å². The number of hydrogen-bond acceptors (Lipinski definition) is 4. The lowest BCUT2D eigenvalue weighted by Crippen LogP contribution is -2.45. The van der Waals surface area contributed by atoms with Gasteiger partial charge in [0.1, 0.15) is 11.4 Å². The molecule has 0 saturated carbocycles. The summed E-state index contributed by atoms with van der Waals surface area (Å²) in [6.07, 6.45) is 2.33. The van der Waals surface area contributed by atoms with Gasteiger partial charge < -0.3 is 18.8 Å². The minimum absolute atomic E-state index is 0.164. The van der Waals surface area contributed by atoms with Crippen LogP contribution in [0.1, 0.15) is 33.0 Å². The van der Waals surface area contributed by atoms with Gasteiger partial charge in [-0.15, -0.1) is 0 Å².